The molecule has 1 aromatic carbocycles. The number of benzene rings is 1. The molecule has 152 valence electrons. The zero-order chi connectivity index (χ0) is 17.9. The first-order valence-corrected chi connectivity index (χ1v) is 11.8. The molecule has 0 aliphatic heterocycles. The molecule has 27 heavy (non-hydrogen) atoms. The quantitative estimate of drug-likeness (QED) is 0.500. The predicted molar refractivity (Wildman–Crippen MR) is 119 cm³/mol. The molecule has 0 bridgehead atoms. The largest absolute Gasteiger partial charge is 0.0776 e. The smallest absolute Gasteiger partial charge is 0.0162 e. The average molecular weight is 369 g/mol. The molecule has 4 rings (SSSR count). The lowest BCUT2D eigenvalue weighted by Crippen LogP contribution is -2.24. The van der Waals surface area contributed by atoms with Gasteiger partial charge in [0.1, 0.15) is 0 Å². The summed E-state index contributed by atoms with van der Waals surface area (Å²) in [6, 6.07) is 9.93. The third-order valence-electron chi connectivity index (χ3n) is 8.39. The van der Waals surface area contributed by atoms with E-state index in [4.69, 9.17) is 0 Å². The highest BCUT2D eigenvalue weighted by molar-refractivity contribution is 5.28. The third-order valence-corrected chi connectivity index (χ3v) is 8.39. The fourth-order valence-electron chi connectivity index (χ4n) is 6.31. The van der Waals surface area contributed by atoms with Crippen molar-refractivity contribution in [1.29, 1.82) is 0 Å². The van der Waals surface area contributed by atoms with Gasteiger partial charge in [-0.3, -0.25) is 0 Å². The first-order valence-electron chi connectivity index (χ1n) is 11.8. The molecular weight excluding hydrogens is 324 g/mol. The van der Waals surface area contributed by atoms with Gasteiger partial charge < -0.3 is 0 Å². The van der Waals surface area contributed by atoms with Crippen molar-refractivity contribution in [1.82, 2.24) is 0 Å². The van der Waals surface area contributed by atoms with E-state index < -0.39 is 0 Å². The molecule has 0 unspecified atom stereocenters. The second kappa shape index (κ2) is 9.62. The lowest BCUT2D eigenvalue weighted by atomic mass is 9.68. The maximum absolute atomic E-state index is 2.49. The molecule has 0 heteroatoms. The third kappa shape index (κ3) is 5.18. The topological polar surface area (TPSA) is 0 Å². The van der Waals surface area contributed by atoms with Gasteiger partial charge in [-0.15, -0.1) is 0 Å². The van der Waals surface area contributed by atoms with E-state index in [1.807, 2.05) is 0 Å². The van der Waals surface area contributed by atoms with Crippen LogP contribution in [0.2, 0.25) is 0 Å². The first kappa shape index (κ1) is 20.9. The zero-order valence-electron chi connectivity index (χ0n) is 17.3. The molecule has 3 aliphatic rings. The minimum Gasteiger partial charge on any atom is -0.0776 e. The van der Waals surface area contributed by atoms with Gasteiger partial charge in [-0.25, -0.2) is 0 Å². The molecule has 0 spiro atoms. The lowest BCUT2D eigenvalue weighted by Gasteiger charge is -2.37. The minimum absolute atomic E-state index is 0. The fraction of sp³-hybridized carbons (Fsp3) is 0.778. The van der Waals surface area contributed by atoms with Crippen molar-refractivity contribution in [3.8, 4) is 0 Å². The summed E-state index contributed by atoms with van der Waals surface area (Å²) >= 11 is 0. The monoisotopic (exact) mass is 368 g/mol. The van der Waals surface area contributed by atoms with Crippen LogP contribution in [0.5, 0.6) is 0 Å². The van der Waals surface area contributed by atoms with Crippen LogP contribution >= 0.6 is 0 Å². The Kier molecular flexibility index (Phi) is 7.46. The Labute approximate surface area is 169 Å². The van der Waals surface area contributed by atoms with Crippen LogP contribution in [0.4, 0.5) is 0 Å². The summed E-state index contributed by atoms with van der Waals surface area (Å²) in [5.41, 5.74) is 3.25. The molecule has 1 aromatic rings. The lowest BCUT2D eigenvalue weighted by molar-refractivity contribution is 0.165. The van der Waals surface area contributed by atoms with Crippen LogP contribution in [0.3, 0.4) is 0 Å². The summed E-state index contributed by atoms with van der Waals surface area (Å²) in [5, 5.41) is 0. The summed E-state index contributed by atoms with van der Waals surface area (Å²) in [6.45, 7) is 4.87. The van der Waals surface area contributed by atoms with Crippen molar-refractivity contribution in [2.45, 2.75) is 110 Å². The van der Waals surface area contributed by atoms with Gasteiger partial charge in [-0.05, 0) is 98.0 Å². The van der Waals surface area contributed by atoms with Gasteiger partial charge in [-0.2, -0.15) is 0 Å². The van der Waals surface area contributed by atoms with E-state index >= 15 is 0 Å². The number of hydrogen-bond donors (Lipinski definition) is 0. The van der Waals surface area contributed by atoms with Crippen LogP contribution in [0, 0.1) is 23.7 Å². The molecule has 0 atom stereocenters. The van der Waals surface area contributed by atoms with Crippen LogP contribution < -0.4 is 0 Å². The van der Waals surface area contributed by atoms with Gasteiger partial charge in [0.15, 0.2) is 0 Å². The Hall–Kier alpha value is -0.780. The minimum atomic E-state index is 0. The van der Waals surface area contributed by atoms with E-state index in [1.165, 1.54) is 77.0 Å². The van der Waals surface area contributed by atoms with Crippen LogP contribution in [0.1, 0.15) is 121 Å². The molecule has 0 N–H and O–H groups in total. The van der Waals surface area contributed by atoms with Crippen molar-refractivity contribution in [2.24, 2.45) is 23.7 Å². The van der Waals surface area contributed by atoms with Crippen molar-refractivity contribution in [2.75, 3.05) is 0 Å². The standard InChI is InChI=1S/C26H40.CH4/c1-19-3-7-21(8-4-19)23-11-15-25(16-12-23)26-17-13-24(14-18-26)22-9-5-20(2)6-10-22;/h11-12,15-16,19-22,24,26H,3-10,13-14,17-18H2,1-2H3;1H4. The van der Waals surface area contributed by atoms with Gasteiger partial charge in [0, 0.05) is 0 Å². The van der Waals surface area contributed by atoms with Crippen LogP contribution in [0.15, 0.2) is 24.3 Å². The average Bonchev–Trinajstić information content (AvgIpc) is 2.70. The molecule has 3 saturated carbocycles. The van der Waals surface area contributed by atoms with Gasteiger partial charge in [0.2, 0.25) is 0 Å². The van der Waals surface area contributed by atoms with Gasteiger partial charge >= 0.3 is 0 Å². The molecule has 0 saturated heterocycles. The molecule has 0 aromatic heterocycles. The van der Waals surface area contributed by atoms with E-state index in [0.29, 0.717) is 0 Å². The van der Waals surface area contributed by atoms with E-state index in [1.54, 1.807) is 11.1 Å². The first-order chi connectivity index (χ1) is 12.7. The molecule has 3 aliphatic carbocycles. The van der Waals surface area contributed by atoms with Crippen molar-refractivity contribution >= 4 is 0 Å². The highest BCUT2D eigenvalue weighted by atomic mass is 14.4. The summed E-state index contributed by atoms with van der Waals surface area (Å²) < 4.78 is 0. The normalized spacial score (nSPS) is 37.4. The molecular formula is C27H44. The van der Waals surface area contributed by atoms with E-state index in [2.05, 4.69) is 38.1 Å². The Bertz CT molecular complexity index is 532. The van der Waals surface area contributed by atoms with Gasteiger partial charge in [-0.1, -0.05) is 71.2 Å². The van der Waals surface area contributed by atoms with E-state index in [9.17, 15) is 0 Å². The Morgan fingerprint density at radius 1 is 0.481 bits per heavy atom. The van der Waals surface area contributed by atoms with Crippen LogP contribution in [-0.4, -0.2) is 0 Å². The zero-order valence-corrected chi connectivity index (χ0v) is 17.3. The number of hydrogen-bond acceptors (Lipinski definition) is 0. The molecule has 0 amide bonds. The number of rotatable bonds is 3. The Morgan fingerprint density at radius 2 is 0.778 bits per heavy atom. The Balaban J connectivity index is 0.00000210. The summed E-state index contributed by atoms with van der Waals surface area (Å²) in [5.74, 6) is 5.73. The van der Waals surface area contributed by atoms with Crippen LogP contribution in [0.25, 0.3) is 0 Å². The van der Waals surface area contributed by atoms with Crippen molar-refractivity contribution in [3.63, 3.8) is 0 Å². The van der Waals surface area contributed by atoms with Gasteiger partial charge in [0.05, 0.1) is 0 Å². The second-order valence-electron chi connectivity index (χ2n) is 10.3. The maximum atomic E-state index is 2.49. The molecule has 0 radical (unpaired) electrons. The summed E-state index contributed by atoms with van der Waals surface area (Å²) in [4.78, 5) is 0. The fourth-order valence-corrected chi connectivity index (χ4v) is 6.31. The molecule has 0 heterocycles. The van der Waals surface area contributed by atoms with E-state index in [-0.39, 0.29) is 7.43 Å². The highest BCUT2D eigenvalue weighted by Gasteiger charge is 2.30. The second-order valence-corrected chi connectivity index (χ2v) is 10.3. The van der Waals surface area contributed by atoms with Crippen molar-refractivity contribution in [3.05, 3.63) is 35.4 Å². The summed E-state index contributed by atoms with van der Waals surface area (Å²) in [6.07, 6.45) is 17.6. The van der Waals surface area contributed by atoms with Crippen LogP contribution in [-0.2, 0) is 0 Å². The van der Waals surface area contributed by atoms with E-state index in [0.717, 1.165) is 35.5 Å². The highest BCUT2D eigenvalue weighted by Crippen LogP contribution is 2.44. The van der Waals surface area contributed by atoms with Gasteiger partial charge in [0.25, 0.3) is 0 Å². The SMILES string of the molecule is C.CC1CCC(c2ccc(C3CCC(C4CCC(C)CC4)CC3)cc2)CC1. The molecule has 0 nitrogen and oxygen atoms in total. The van der Waals surface area contributed by atoms with Crippen molar-refractivity contribution < 1.29 is 0 Å². The Morgan fingerprint density at radius 3 is 1.19 bits per heavy atom. The predicted octanol–water partition coefficient (Wildman–Crippen LogP) is 8.72. The summed E-state index contributed by atoms with van der Waals surface area (Å²) in [7, 11) is 0. The maximum Gasteiger partial charge on any atom is -0.0162 e. The molecule has 3 fully saturated rings.